The Morgan fingerprint density at radius 1 is 1.28 bits per heavy atom. The first-order chi connectivity index (χ1) is 8.58. The van der Waals surface area contributed by atoms with Gasteiger partial charge in [-0.25, -0.2) is 0 Å². The maximum atomic E-state index is 6.21. The van der Waals surface area contributed by atoms with Crippen LogP contribution in [-0.4, -0.2) is 12.6 Å². The van der Waals surface area contributed by atoms with E-state index in [1.54, 1.807) is 0 Å². The van der Waals surface area contributed by atoms with E-state index in [0.29, 0.717) is 6.04 Å². The first kappa shape index (κ1) is 15.6. The molecule has 0 aliphatic heterocycles. The molecule has 0 heterocycles. The minimum absolute atomic E-state index is 0.347. The topological polar surface area (TPSA) is 12.0 Å². The number of nitrogens with one attached hydrogen (secondary N) is 1. The van der Waals surface area contributed by atoms with Gasteiger partial charge in [-0.05, 0) is 43.5 Å². The van der Waals surface area contributed by atoms with E-state index in [2.05, 4.69) is 25.7 Å². The molecule has 1 atom stereocenters. The average Bonchev–Trinajstić information content (AvgIpc) is 2.34. The summed E-state index contributed by atoms with van der Waals surface area (Å²) in [6.45, 7) is 9.25. The maximum Gasteiger partial charge on any atom is 0.0453 e. The first-order valence-electron chi connectivity index (χ1n) is 6.41. The van der Waals surface area contributed by atoms with E-state index < -0.39 is 0 Å². The van der Waals surface area contributed by atoms with Crippen molar-refractivity contribution in [2.24, 2.45) is 0 Å². The molecule has 0 aliphatic rings. The van der Waals surface area contributed by atoms with Crippen LogP contribution < -0.4 is 5.32 Å². The molecule has 0 spiro atoms. The van der Waals surface area contributed by atoms with Crippen LogP contribution in [-0.2, 0) is 6.42 Å². The predicted octanol–water partition coefficient (Wildman–Crippen LogP) is 4.87. The lowest BCUT2D eigenvalue weighted by Crippen LogP contribution is -2.31. The van der Waals surface area contributed by atoms with E-state index in [9.17, 15) is 0 Å². The normalized spacial score (nSPS) is 12.4. The molecule has 1 unspecified atom stereocenters. The Balaban J connectivity index is 2.79. The van der Waals surface area contributed by atoms with E-state index in [4.69, 9.17) is 23.2 Å². The second-order valence-electron chi connectivity index (χ2n) is 4.47. The summed E-state index contributed by atoms with van der Waals surface area (Å²) in [7, 11) is 0. The summed E-state index contributed by atoms with van der Waals surface area (Å²) in [6.07, 6.45) is 2.81. The molecule has 0 radical (unpaired) electrons. The highest BCUT2D eigenvalue weighted by molar-refractivity contribution is 6.36. The van der Waals surface area contributed by atoms with E-state index in [0.717, 1.165) is 41.4 Å². The molecular weight excluding hydrogens is 265 g/mol. The summed E-state index contributed by atoms with van der Waals surface area (Å²) in [4.78, 5) is 0. The highest BCUT2D eigenvalue weighted by Gasteiger charge is 2.14. The monoisotopic (exact) mass is 285 g/mol. The summed E-state index contributed by atoms with van der Waals surface area (Å²) in [5.41, 5.74) is 2.28. The van der Waals surface area contributed by atoms with Gasteiger partial charge in [-0.3, -0.25) is 0 Å². The number of rotatable bonds is 7. The molecular formula is C15H21Cl2N. The molecule has 100 valence electrons. The van der Waals surface area contributed by atoms with Crippen LogP contribution in [0.1, 0.15) is 32.3 Å². The summed E-state index contributed by atoms with van der Waals surface area (Å²) in [5.74, 6) is 0. The lowest BCUT2D eigenvalue weighted by atomic mass is 9.98. The Morgan fingerprint density at radius 2 is 1.89 bits per heavy atom. The quantitative estimate of drug-likeness (QED) is 0.705. The van der Waals surface area contributed by atoms with E-state index >= 15 is 0 Å². The number of hydrogen-bond acceptors (Lipinski definition) is 1. The third-order valence-corrected chi connectivity index (χ3v) is 3.75. The van der Waals surface area contributed by atoms with Crippen LogP contribution in [0.4, 0.5) is 0 Å². The van der Waals surface area contributed by atoms with Crippen molar-refractivity contribution in [2.45, 2.75) is 39.2 Å². The smallest absolute Gasteiger partial charge is 0.0453 e. The van der Waals surface area contributed by atoms with Gasteiger partial charge in [0.1, 0.15) is 0 Å². The number of hydrogen-bond donors (Lipinski definition) is 1. The molecule has 1 N–H and O–H groups in total. The van der Waals surface area contributed by atoms with Gasteiger partial charge in [0.05, 0.1) is 0 Å². The van der Waals surface area contributed by atoms with Gasteiger partial charge < -0.3 is 5.32 Å². The molecule has 0 saturated heterocycles. The van der Waals surface area contributed by atoms with Crippen LogP contribution in [0, 0.1) is 0 Å². The number of likely N-dealkylation sites (N-methyl/N-ethyl adjacent to an activating group) is 1. The fourth-order valence-electron chi connectivity index (χ4n) is 1.97. The van der Waals surface area contributed by atoms with Gasteiger partial charge in [0.25, 0.3) is 0 Å². The Hall–Kier alpha value is -0.500. The summed E-state index contributed by atoms with van der Waals surface area (Å²) in [6, 6.07) is 6.00. The van der Waals surface area contributed by atoms with E-state index in [-0.39, 0.29) is 0 Å². The summed E-state index contributed by atoms with van der Waals surface area (Å²) < 4.78 is 0. The van der Waals surface area contributed by atoms with Crippen LogP contribution in [0.25, 0.3) is 0 Å². The van der Waals surface area contributed by atoms with Crippen LogP contribution >= 0.6 is 23.2 Å². The Bertz CT molecular complexity index is 381. The van der Waals surface area contributed by atoms with Gasteiger partial charge in [-0.15, -0.1) is 0 Å². The molecule has 1 rings (SSSR count). The van der Waals surface area contributed by atoms with Crippen molar-refractivity contribution >= 4 is 23.2 Å². The minimum atomic E-state index is 0.347. The minimum Gasteiger partial charge on any atom is -0.314 e. The lowest BCUT2D eigenvalue weighted by Gasteiger charge is -2.20. The highest BCUT2D eigenvalue weighted by Crippen LogP contribution is 2.26. The van der Waals surface area contributed by atoms with Crippen molar-refractivity contribution in [3.63, 3.8) is 0 Å². The van der Waals surface area contributed by atoms with Crippen molar-refractivity contribution < 1.29 is 0 Å². The van der Waals surface area contributed by atoms with Crippen LogP contribution in [0.15, 0.2) is 30.4 Å². The molecule has 0 fully saturated rings. The van der Waals surface area contributed by atoms with Gasteiger partial charge in [0.2, 0.25) is 0 Å². The Kier molecular flexibility index (Phi) is 6.77. The number of benzene rings is 1. The van der Waals surface area contributed by atoms with Crippen molar-refractivity contribution in [1.82, 2.24) is 5.32 Å². The molecule has 18 heavy (non-hydrogen) atoms. The van der Waals surface area contributed by atoms with Gasteiger partial charge in [0.15, 0.2) is 0 Å². The highest BCUT2D eigenvalue weighted by atomic mass is 35.5. The summed E-state index contributed by atoms with van der Waals surface area (Å²) in [5, 5.41) is 4.96. The molecule has 0 bridgehead atoms. The maximum absolute atomic E-state index is 6.21. The van der Waals surface area contributed by atoms with Crippen LogP contribution in [0.2, 0.25) is 10.0 Å². The van der Waals surface area contributed by atoms with Crippen LogP contribution in [0.3, 0.4) is 0 Å². The molecule has 0 amide bonds. The van der Waals surface area contributed by atoms with Crippen LogP contribution in [0.5, 0.6) is 0 Å². The van der Waals surface area contributed by atoms with Crippen molar-refractivity contribution in [3.8, 4) is 0 Å². The zero-order valence-electron chi connectivity index (χ0n) is 11.1. The molecule has 1 aromatic carbocycles. The largest absolute Gasteiger partial charge is 0.314 e. The van der Waals surface area contributed by atoms with Crippen molar-refractivity contribution in [2.75, 3.05) is 6.54 Å². The van der Waals surface area contributed by atoms with Gasteiger partial charge in [-0.1, -0.05) is 55.3 Å². The zero-order chi connectivity index (χ0) is 13.5. The third-order valence-electron chi connectivity index (χ3n) is 3.04. The molecule has 3 heteroatoms. The molecule has 0 saturated carbocycles. The fraction of sp³-hybridized carbons (Fsp3) is 0.467. The second-order valence-corrected chi connectivity index (χ2v) is 5.28. The zero-order valence-corrected chi connectivity index (χ0v) is 12.6. The van der Waals surface area contributed by atoms with Gasteiger partial charge >= 0.3 is 0 Å². The molecule has 1 nitrogen and oxygen atoms in total. The lowest BCUT2D eigenvalue weighted by molar-refractivity contribution is 0.516. The molecule has 0 aromatic heterocycles. The van der Waals surface area contributed by atoms with Gasteiger partial charge in [0, 0.05) is 16.1 Å². The number of halogens is 2. The standard InChI is InChI=1S/C15H21Cl2N/c1-4-11(3)9-12(18-5-2)10-13-14(16)7-6-8-15(13)17/h6-8,12,18H,3-5,9-10H2,1-2H3. The molecule has 0 aliphatic carbocycles. The van der Waals surface area contributed by atoms with Gasteiger partial charge in [-0.2, -0.15) is 0 Å². The molecule has 1 aromatic rings. The Labute approximate surface area is 120 Å². The third kappa shape index (κ3) is 4.64. The van der Waals surface area contributed by atoms with E-state index in [1.165, 1.54) is 5.57 Å². The summed E-state index contributed by atoms with van der Waals surface area (Å²) >= 11 is 12.4. The van der Waals surface area contributed by atoms with Crippen molar-refractivity contribution in [3.05, 3.63) is 46.0 Å². The second kappa shape index (κ2) is 7.83. The first-order valence-corrected chi connectivity index (χ1v) is 7.17. The fourth-order valence-corrected chi connectivity index (χ4v) is 2.52. The van der Waals surface area contributed by atoms with E-state index in [1.807, 2.05) is 18.2 Å². The average molecular weight is 286 g/mol. The van der Waals surface area contributed by atoms with Crippen molar-refractivity contribution in [1.29, 1.82) is 0 Å². The Morgan fingerprint density at radius 3 is 2.39 bits per heavy atom. The predicted molar refractivity (Wildman–Crippen MR) is 81.7 cm³/mol. The SMILES string of the molecule is C=C(CC)CC(Cc1c(Cl)cccc1Cl)NCC.